The van der Waals surface area contributed by atoms with Crippen molar-refractivity contribution in [2.75, 3.05) is 12.8 Å². The molecule has 2 rings (SSSR count). The fourth-order valence-electron chi connectivity index (χ4n) is 2.33. The summed E-state index contributed by atoms with van der Waals surface area (Å²) >= 11 is 1.91. The molecule has 114 valence electrons. The van der Waals surface area contributed by atoms with E-state index in [0.29, 0.717) is 6.04 Å². The Morgan fingerprint density at radius 1 is 1.33 bits per heavy atom. The van der Waals surface area contributed by atoms with Crippen molar-refractivity contribution in [2.45, 2.75) is 37.6 Å². The Morgan fingerprint density at radius 3 is 2.76 bits per heavy atom. The van der Waals surface area contributed by atoms with Crippen LogP contribution in [0.15, 0.2) is 35.2 Å². The Labute approximate surface area is 132 Å². The summed E-state index contributed by atoms with van der Waals surface area (Å²) in [5.41, 5.74) is 3.80. The summed E-state index contributed by atoms with van der Waals surface area (Å²) in [7, 11) is 4.08. The topological polar surface area (TPSA) is 29.9 Å². The lowest BCUT2D eigenvalue weighted by Gasteiger charge is -2.16. The van der Waals surface area contributed by atoms with Gasteiger partial charge in [0.15, 0.2) is 0 Å². The third kappa shape index (κ3) is 4.61. The van der Waals surface area contributed by atoms with Gasteiger partial charge in [-0.1, -0.05) is 24.6 Å². The van der Waals surface area contributed by atoms with Gasteiger partial charge in [0.25, 0.3) is 0 Å². The number of rotatable bonds is 7. The van der Waals surface area contributed by atoms with Crippen molar-refractivity contribution in [3.8, 4) is 0 Å². The molecule has 1 aromatic heterocycles. The van der Waals surface area contributed by atoms with Crippen molar-refractivity contribution in [3.63, 3.8) is 0 Å². The number of benzene rings is 1. The highest BCUT2D eigenvalue weighted by molar-refractivity contribution is 7.99. The molecule has 1 unspecified atom stereocenters. The van der Waals surface area contributed by atoms with Crippen molar-refractivity contribution in [1.82, 2.24) is 15.1 Å². The van der Waals surface area contributed by atoms with E-state index in [1.807, 2.05) is 30.5 Å². The molecule has 0 saturated heterocycles. The number of thioether (sulfide) groups is 1. The molecule has 0 fully saturated rings. The van der Waals surface area contributed by atoms with Crippen molar-refractivity contribution < 1.29 is 0 Å². The van der Waals surface area contributed by atoms with E-state index in [4.69, 9.17) is 0 Å². The molecule has 1 N–H and O–H groups in total. The Hall–Kier alpha value is -1.26. The largest absolute Gasteiger partial charge is 0.316 e. The molecular formula is C17H25N3S. The van der Waals surface area contributed by atoms with Gasteiger partial charge in [0.2, 0.25) is 0 Å². The molecule has 21 heavy (non-hydrogen) atoms. The Bertz CT molecular complexity index is 577. The normalized spacial score (nSPS) is 12.6. The second-order valence-electron chi connectivity index (χ2n) is 5.42. The lowest BCUT2D eigenvalue weighted by atomic mass is 10.1. The van der Waals surface area contributed by atoms with Gasteiger partial charge in [-0.25, -0.2) is 0 Å². The van der Waals surface area contributed by atoms with Crippen LogP contribution < -0.4 is 5.32 Å². The molecule has 0 saturated carbocycles. The summed E-state index contributed by atoms with van der Waals surface area (Å²) in [6.45, 7) is 4.29. The van der Waals surface area contributed by atoms with Gasteiger partial charge in [-0.05, 0) is 38.6 Å². The molecule has 1 heterocycles. The van der Waals surface area contributed by atoms with Gasteiger partial charge < -0.3 is 5.32 Å². The first-order chi connectivity index (χ1) is 10.1. The first-order valence-electron chi connectivity index (χ1n) is 7.51. The Morgan fingerprint density at radius 2 is 2.14 bits per heavy atom. The van der Waals surface area contributed by atoms with Crippen molar-refractivity contribution >= 4 is 11.8 Å². The van der Waals surface area contributed by atoms with E-state index in [2.05, 4.69) is 54.6 Å². The summed E-state index contributed by atoms with van der Waals surface area (Å²) in [5, 5.41) is 7.96. The first kappa shape index (κ1) is 16.1. The number of hydrogen-bond donors (Lipinski definition) is 1. The van der Waals surface area contributed by atoms with Crippen molar-refractivity contribution in [1.29, 1.82) is 0 Å². The van der Waals surface area contributed by atoms with Crippen molar-refractivity contribution in [2.24, 2.45) is 7.05 Å². The highest BCUT2D eigenvalue weighted by Gasteiger charge is 2.12. The van der Waals surface area contributed by atoms with E-state index < -0.39 is 0 Å². The number of aromatic nitrogens is 2. The maximum Gasteiger partial charge on any atom is 0.0624 e. The number of nitrogens with zero attached hydrogens (tertiary/aromatic N) is 2. The molecule has 0 aliphatic heterocycles. The minimum atomic E-state index is 0.454. The van der Waals surface area contributed by atoms with Crippen LogP contribution in [0.3, 0.4) is 0 Å². The number of aryl methyl sites for hydroxylation is 3. The summed E-state index contributed by atoms with van der Waals surface area (Å²) in [5.74, 6) is 1.06. The van der Waals surface area contributed by atoms with Crippen molar-refractivity contribution in [3.05, 3.63) is 47.3 Å². The molecule has 0 spiro atoms. The van der Waals surface area contributed by atoms with Gasteiger partial charge >= 0.3 is 0 Å². The number of likely N-dealkylation sites (N-methyl/N-ethyl adjacent to an activating group) is 1. The molecule has 0 amide bonds. The Kier molecular flexibility index (Phi) is 5.88. The van der Waals surface area contributed by atoms with Crippen LogP contribution in [-0.2, 0) is 19.9 Å². The van der Waals surface area contributed by atoms with E-state index >= 15 is 0 Å². The van der Waals surface area contributed by atoms with Crippen LogP contribution in [0.4, 0.5) is 0 Å². The molecule has 1 atom stereocenters. The summed E-state index contributed by atoms with van der Waals surface area (Å²) in [4.78, 5) is 1.34. The molecule has 1 aromatic carbocycles. The van der Waals surface area contributed by atoms with E-state index in [1.54, 1.807) is 0 Å². The average Bonchev–Trinajstić information content (AvgIpc) is 2.84. The van der Waals surface area contributed by atoms with Crippen LogP contribution in [0, 0.1) is 6.92 Å². The second-order valence-corrected chi connectivity index (χ2v) is 6.51. The molecule has 0 aliphatic carbocycles. The molecular weight excluding hydrogens is 278 g/mol. The van der Waals surface area contributed by atoms with Crippen LogP contribution in [0.5, 0.6) is 0 Å². The minimum absolute atomic E-state index is 0.454. The van der Waals surface area contributed by atoms with Gasteiger partial charge in [0.1, 0.15) is 0 Å². The third-order valence-electron chi connectivity index (χ3n) is 3.69. The fraction of sp³-hybridized carbons (Fsp3) is 0.471. The highest BCUT2D eigenvalue weighted by atomic mass is 32.2. The van der Waals surface area contributed by atoms with E-state index in [1.165, 1.54) is 21.8 Å². The second kappa shape index (κ2) is 7.66. The molecule has 4 heteroatoms. The van der Waals surface area contributed by atoms with Crippen LogP contribution in [-0.4, -0.2) is 28.6 Å². The van der Waals surface area contributed by atoms with Crippen LogP contribution in [0.2, 0.25) is 0 Å². The van der Waals surface area contributed by atoms with Crippen LogP contribution in [0.1, 0.15) is 23.9 Å². The molecule has 0 radical (unpaired) electrons. The molecule has 0 aliphatic rings. The van der Waals surface area contributed by atoms with Gasteiger partial charge in [0.05, 0.1) is 5.69 Å². The quantitative estimate of drug-likeness (QED) is 0.797. The zero-order valence-electron chi connectivity index (χ0n) is 13.4. The zero-order chi connectivity index (χ0) is 15.2. The predicted octanol–water partition coefficient (Wildman–Crippen LogP) is 3.21. The zero-order valence-corrected chi connectivity index (χ0v) is 14.2. The summed E-state index contributed by atoms with van der Waals surface area (Å²) in [6.07, 6.45) is 2.01. The first-order valence-corrected chi connectivity index (χ1v) is 8.49. The molecule has 0 bridgehead atoms. The standard InChI is InChI=1S/C17H25N3S/c1-5-14-10-16(20(4)19-14)11-15(18-3)12-21-17-8-6-7-13(2)9-17/h6-10,15,18H,5,11-12H2,1-4H3. The summed E-state index contributed by atoms with van der Waals surface area (Å²) in [6, 6.07) is 11.4. The van der Waals surface area contributed by atoms with Crippen LogP contribution >= 0.6 is 11.8 Å². The fourth-order valence-corrected chi connectivity index (χ4v) is 3.46. The van der Waals surface area contributed by atoms with E-state index in [9.17, 15) is 0 Å². The maximum absolute atomic E-state index is 4.53. The lowest BCUT2D eigenvalue weighted by Crippen LogP contribution is -2.30. The van der Waals surface area contributed by atoms with E-state index in [0.717, 1.165) is 18.6 Å². The SMILES string of the molecule is CCc1cc(CC(CSc2cccc(C)c2)NC)n(C)n1. The smallest absolute Gasteiger partial charge is 0.0624 e. The number of nitrogens with one attached hydrogen (secondary N) is 1. The monoisotopic (exact) mass is 303 g/mol. The predicted molar refractivity (Wildman–Crippen MR) is 91.0 cm³/mol. The lowest BCUT2D eigenvalue weighted by molar-refractivity contribution is 0.581. The van der Waals surface area contributed by atoms with Gasteiger partial charge in [-0.2, -0.15) is 5.10 Å². The van der Waals surface area contributed by atoms with E-state index in [-0.39, 0.29) is 0 Å². The third-order valence-corrected chi connectivity index (χ3v) is 4.85. The highest BCUT2D eigenvalue weighted by Crippen LogP contribution is 2.21. The average molecular weight is 303 g/mol. The van der Waals surface area contributed by atoms with Gasteiger partial charge in [-0.15, -0.1) is 11.8 Å². The molecule has 2 aromatic rings. The Balaban J connectivity index is 1.95. The molecule has 3 nitrogen and oxygen atoms in total. The van der Waals surface area contributed by atoms with Crippen LogP contribution in [0.25, 0.3) is 0 Å². The maximum atomic E-state index is 4.53. The van der Waals surface area contributed by atoms with Gasteiger partial charge in [0, 0.05) is 35.9 Å². The minimum Gasteiger partial charge on any atom is -0.316 e. The summed E-state index contributed by atoms with van der Waals surface area (Å²) < 4.78 is 2.01. The van der Waals surface area contributed by atoms with Gasteiger partial charge in [-0.3, -0.25) is 4.68 Å². The number of hydrogen-bond acceptors (Lipinski definition) is 3.